The Morgan fingerprint density at radius 3 is 2.33 bits per heavy atom. The third kappa shape index (κ3) is 3.51. The predicted octanol–water partition coefficient (Wildman–Crippen LogP) is 3.65. The maximum atomic E-state index is 11.7. The molecule has 1 heterocycles. The first-order valence-electron chi connectivity index (χ1n) is 8.81. The molecule has 1 aliphatic heterocycles. The van der Waals surface area contributed by atoms with Gasteiger partial charge < -0.3 is 5.32 Å². The van der Waals surface area contributed by atoms with Gasteiger partial charge in [-0.2, -0.15) is 0 Å². The van der Waals surface area contributed by atoms with Crippen molar-refractivity contribution in [2.45, 2.75) is 38.3 Å². The van der Waals surface area contributed by atoms with Gasteiger partial charge in [-0.15, -0.1) is 0 Å². The Morgan fingerprint density at radius 1 is 1.12 bits per heavy atom. The summed E-state index contributed by atoms with van der Waals surface area (Å²) >= 11 is 0. The first-order valence-corrected chi connectivity index (χ1v) is 8.81. The number of amides is 1. The molecule has 2 aromatic carbocycles. The smallest absolute Gasteiger partial charge is 0.218 e. The first kappa shape index (κ1) is 16.7. The fourth-order valence-corrected chi connectivity index (χ4v) is 4.11. The van der Waals surface area contributed by atoms with Gasteiger partial charge >= 0.3 is 0 Å². The van der Waals surface area contributed by atoms with Gasteiger partial charge in [0.15, 0.2) is 0 Å². The van der Waals surface area contributed by atoms with Gasteiger partial charge in [-0.1, -0.05) is 67.6 Å². The second-order valence-corrected chi connectivity index (χ2v) is 6.61. The Labute approximate surface area is 144 Å². The van der Waals surface area contributed by atoms with Crippen molar-refractivity contribution < 1.29 is 4.79 Å². The van der Waals surface area contributed by atoms with E-state index in [2.05, 4.69) is 78.2 Å². The summed E-state index contributed by atoms with van der Waals surface area (Å²) in [5.41, 5.74) is 2.70. The van der Waals surface area contributed by atoms with E-state index < -0.39 is 0 Å². The molecular weight excluding hydrogens is 296 g/mol. The summed E-state index contributed by atoms with van der Waals surface area (Å²) in [6.45, 7) is 4.73. The fraction of sp³-hybridized carbons (Fsp3) is 0.381. The molecular formula is C21H26N2O. The lowest BCUT2D eigenvalue weighted by Gasteiger charge is -2.32. The number of hydrogen-bond acceptors (Lipinski definition) is 2. The van der Waals surface area contributed by atoms with Gasteiger partial charge in [0.05, 0.1) is 6.17 Å². The lowest BCUT2D eigenvalue weighted by molar-refractivity contribution is -0.120. The Balaban J connectivity index is 1.96. The molecule has 3 nitrogen and oxygen atoms in total. The van der Waals surface area contributed by atoms with Crippen LogP contribution in [0.1, 0.15) is 43.2 Å². The summed E-state index contributed by atoms with van der Waals surface area (Å²) in [5.74, 6) is 1.16. The van der Waals surface area contributed by atoms with Crippen LogP contribution in [0.25, 0.3) is 0 Å². The molecule has 3 heteroatoms. The predicted molar refractivity (Wildman–Crippen MR) is 97.8 cm³/mol. The molecule has 0 spiro atoms. The second-order valence-electron chi connectivity index (χ2n) is 6.61. The first-order chi connectivity index (χ1) is 11.7. The van der Waals surface area contributed by atoms with Gasteiger partial charge in [0.1, 0.15) is 0 Å². The van der Waals surface area contributed by atoms with E-state index in [1.807, 2.05) is 0 Å². The molecule has 3 rings (SSSR count). The molecule has 1 fully saturated rings. The number of hydrogen-bond donors (Lipinski definition) is 2. The van der Waals surface area contributed by atoms with Crippen LogP contribution >= 0.6 is 0 Å². The number of benzene rings is 2. The van der Waals surface area contributed by atoms with Gasteiger partial charge in [-0.05, 0) is 23.5 Å². The van der Waals surface area contributed by atoms with Crippen LogP contribution in [0.5, 0.6) is 0 Å². The average molecular weight is 322 g/mol. The van der Waals surface area contributed by atoms with Crippen molar-refractivity contribution in [2.24, 2.45) is 5.92 Å². The lowest BCUT2D eigenvalue weighted by atomic mass is 9.74. The van der Waals surface area contributed by atoms with Crippen molar-refractivity contribution in [3.05, 3.63) is 71.8 Å². The van der Waals surface area contributed by atoms with Crippen molar-refractivity contribution in [1.82, 2.24) is 10.6 Å². The summed E-state index contributed by atoms with van der Waals surface area (Å²) in [6.07, 6.45) is 1.06. The molecule has 2 N–H and O–H groups in total. The van der Waals surface area contributed by atoms with E-state index in [0.717, 1.165) is 13.0 Å². The summed E-state index contributed by atoms with van der Waals surface area (Å²) in [4.78, 5) is 11.7. The molecule has 4 atom stereocenters. The largest absolute Gasteiger partial charge is 0.341 e. The van der Waals surface area contributed by atoms with Crippen LogP contribution < -0.4 is 10.6 Å². The SMILES string of the molecule is CC[C@H](c1ccccc1)[C@@H]1[C@H](NC(C)=O)NC[C@H]1c1ccccc1. The van der Waals surface area contributed by atoms with Crippen molar-refractivity contribution in [3.8, 4) is 0 Å². The highest BCUT2D eigenvalue weighted by Crippen LogP contribution is 2.42. The Kier molecular flexibility index (Phi) is 5.31. The van der Waals surface area contributed by atoms with E-state index >= 15 is 0 Å². The minimum Gasteiger partial charge on any atom is -0.341 e. The summed E-state index contributed by atoms with van der Waals surface area (Å²) in [7, 11) is 0. The van der Waals surface area contributed by atoms with Crippen LogP contribution in [0.2, 0.25) is 0 Å². The minimum absolute atomic E-state index is 0.0119. The summed E-state index contributed by atoms with van der Waals surface area (Å²) < 4.78 is 0. The zero-order valence-corrected chi connectivity index (χ0v) is 14.4. The molecule has 0 bridgehead atoms. The van der Waals surface area contributed by atoms with Crippen LogP contribution in [0, 0.1) is 5.92 Å². The highest BCUT2D eigenvalue weighted by molar-refractivity contribution is 5.73. The molecule has 126 valence electrons. The van der Waals surface area contributed by atoms with E-state index in [1.165, 1.54) is 11.1 Å². The number of carbonyl (C=O) groups is 1. The van der Waals surface area contributed by atoms with E-state index in [1.54, 1.807) is 6.92 Å². The van der Waals surface area contributed by atoms with Gasteiger partial charge in [0.25, 0.3) is 0 Å². The fourth-order valence-electron chi connectivity index (χ4n) is 4.11. The highest BCUT2D eigenvalue weighted by Gasteiger charge is 2.41. The number of rotatable bonds is 5. The molecule has 1 saturated heterocycles. The monoisotopic (exact) mass is 322 g/mol. The molecule has 0 radical (unpaired) electrons. The second kappa shape index (κ2) is 7.63. The average Bonchev–Trinajstić information content (AvgIpc) is 3.00. The van der Waals surface area contributed by atoms with Gasteiger partial charge in [-0.3, -0.25) is 10.1 Å². The van der Waals surface area contributed by atoms with E-state index in [4.69, 9.17) is 0 Å². The zero-order chi connectivity index (χ0) is 16.9. The molecule has 0 aliphatic carbocycles. The summed E-state index contributed by atoms with van der Waals surface area (Å²) in [6, 6.07) is 21.3. The highest BCUT2D eigenvalue weighted by atomic mass is 16.1. The van der Waals surface area contributed by atoms with Crippen LogP contribution in [0.15, 0.2) is 60.7 Å². The van der Waals surface area contributed by atoms with Crippen LogP contribution in [-0.2, 0) is 4.79 Å². The molecule has 1 aliphatic rings. The van der Waals surface area contributed by atoms with Crippen LogP contribution in [0.4, 0.5) is 0 Å². The van der Waals surface area contributed by atoms with Crippen molar-refractivity contribution in [2.75, 3.05) is 6.54 Å². The normalized spacial score (nSPS) is 24.5. The molecule has 0 unspecified atom stereocenters. The van der Waals surface area contributed by atoms with Crippen LogP contribution in [-0.4, -0.2) is 18.6 Å². The van der Waals surface area contributed by atoms with Crippen molar-refractivity contribution in [1.29, 1.82) is 0 Å². The van der Waals surface area contributed by atoms with E-state index in [0.29, 0.717) is 17.8 Å². The Hall–Kier alpha value is -2.13. The Bertz CT molecular complexity index is 656. The standard InChI is InChI=1S/C21H26N2O/c1-3-18(16-10-6-4-7-11-16)20-19(17-12-8-5-9-13-17)14-22-21(20)23-15(2)24/h4-13,18-22H,3,14H2,1-2H3,(H,23,24)/t18-,19+,20+,21+/m1/s1. The maximum absolute atomic E-state index is 11.7. The van der Waals surface area contributed by atoms with E-state index in [-0.39, 0.29) is 12.1 Å². The van der Waals surface area contributed by atoms with Gasteiger partial charge in [0, 0.05) is 25.3 Å². The third-order valence-electron chi connectivity index (χ3n) is 5.13. The molecule has 2 aromatic rings. The number of nitrogens with one attached hydrogen (secondary N) is 2. The molecule has 1 amide bonds. The summed E-state index contributed by atoms with van der Waals surface area (Å²) in [5, 5.41) is 6.67. The van der Waals surface area contributed by atoms with E-state index in [9.17, 15) is 4.79 Å². The number of carbonyl (C=O) groups excluding carboxylic acids is 1. The minimum atomic E-state index is 0.0119. The lowest BCUT2D eigenvalue weighted by Crippen LogP contribution is -2.46. The van der Waals surface area contributed by atoms with Crippen LogP contribution in [0.3, 0.4) is 0 Å². The molecule has 0 aromatic heterocycles. The maximum Gasteiger partial charge on any atom is 0.218 e. The third-order valence-corrected chi connectivity index (χ3v) is 5.13. The Morgan fingerprint density at radius 2 is 1.75 bits per heavy atom. The molecule has 0 saturated carbocycles. The molecule has 24 heavy (non-hydrogen) atoms. The van der Waals surface area contributed by atoms with Crippen molar-refractivity contribution in [3.63, 3.8) is 0 Å². The van der Waals surface area contributed by atoms with Gasteiger partial charge in [-0.25, -0.2) is 0 Å². The van der Waals surface area contributed by atoms with Crippen molar-refractivity contribution >= 4 is 5.91 Å². The topological polar surface area (TPSA) is 41.1 Å². The van der Waals surface area contributed by atoms with Gasteiger partial charge in [0.2, 0.25) is 5.91 Å². The quantitative estimate of drug-likeness (QED) is 0.882. The zero-order valence-electron chi connectivity index (χ0n) is 14.4.